The summed E-state index contributed by atoms with van der Waals surface area (Å²) in [5, 5.41) is 14.0. The van der Waals surface area contributed by atoms with Gasteiger partial charge in [0.1, 0.15) is 17.4 Å². The van der Waals surface area contributed by atoms with Gasteiger partial charge in [-0.05, 0) is 49.7 Å². The first-order valence-electron chi connectivity index (χ1n) is 13.6. The summed E-state index contributed by atoms with van der Waals surface area (Å²) in [5.41, 5.74) is 0.0604. The highest BCUT2D eigenvalue weighted by Gasteiger charge is 2.55. The van der Waals surface area contributed by atoms with Gasteiger partial charge in [-0.2, -0.15) is 0 Å². The van der Waals surface area contributed by atoms with Crippen molar-refractivity contribution in [3.63, 3.8) is 0 Å². The van der Waals surface area contributed by atoms with Crippen molar-refractivity contribution in [2.45, 2.75) is 88.9 Å². The van der Waals surface area contributed by atoms with Crippen LogP contribution in [0.2, 0.25) is 0 Å². The standard InChI is InChI=1S/C26H41N5O5S.2ClH/c1-3-4-14-31-24(33)22(23(32)20-8-6-5-7-9-20)28-25(34)26(31)12-15-30(16-13-26)18-19-10-11-21(27-17-19)29-37(2,35)36;;/h10-11,17,20,22-23,32H,3-9,12-16,18H2,1-2H3,(H,27,29)(H,28,34);2*1H/t22-,23-;;/m1../s1. The van der Waals surface area contributed by atoms with Crippen LogP contribution in [0.4, 0.5) is 5.82 Å². The average molecular weight is 609 g/mol. The first-order valence-corrected chi connectivity index (χ1v) is 15.5. The molecule has 1 aromatic heterocycles. The Morgan fingerprint density at radius 3 is 2.38 bits per heavy atom. The van der Waals surface area contributed by atoms with Crippen molar-refractivity contribution in [3.8, 4) is 0 Å². The Hall–Kier alpha value is -1.66. The second kappa shape index (κ2) is 14.3. The van der Waals surface area contributed by atoms with Crippen LogP contribution in [-0.2, 0) is 26.2 Å². The number of unbranched alkanes of at least 4 members (excludes halogenated alkanes) is 1. The molecule has 1 aromatic rings. The smallest absolute Gasteiger partial charge is 0.248 e. The molecule has 0 radical (unpaired) electrons. The summed E-state index contributed by atoms with van der Waals surface area (Å²) < 4.78 is 25.2. The van der Waals surface area contributed by atoms with Crippen LogP contribution in [0.1, 0.15) is 70.3 Å². The van der Waals surface area contributed by atoms with Gasteiger partial charge in [0.05, 0.1) is 12.4 Å². The number of piperidine rings is 1. The predicted octanol–water partition coefficient (Wildman–Crippen LogP) is 2.70. The number of nitrogens with zero attached hydrogens (tertiary/aromatic N) is 3. The Kier molecular flexibility index (Phi) is 12.3. The second-order valence-corrected chi connectivity index (χ2v) is 12.7. The number of sulfonamides is 1. The van der Waals surface area contributed by atoms with Crippen LogP contribution >= 0.6 is 24.8 Å². The van der Waals surface area contributed by atoms with E-state index in [1.165, 1.54) is 0 Å². The summed E-state index contributed by atoms with van der Waals surface area (Å²) in [7, 11) is -3.38. The molecule has 3 heterocycles. The second-order valence-electron chi connectivity index (χ2n) is 10.9. The quantitative estimate of drug-likeness (QED) is 0.393. The zero-order valence-electron chi connectivity index (χ0n) is 22.8. The van der Waals surface area contributed by atoms with Crippen LogP contribution in [0.3, 0.4) is 0 Å². The number of aliphatic hydroxyl groups excluding tert-OH is 1. The van der Waals surface area contributed by atoms with Gasteiger partial charge >= 0.3 is 0 Å². The third kappa shape index (κ3) is 7.97. The molecule has 2 atom stereocenters. The van der Waals surface area contributed by atoms with Gasteiger partial charge in [0.25, 0.3) is 0 Å². The molecule has 0 unspecified atom stereocenters. The van der Waals surface area contributed by atoms with Crippen LogP contribution < -0.4 is 10.0 Å². The van der Waals surface area contributed by atoms with Gasteiger partial charge in [0.15, 0.2) is 0 Å². The van der Waals surface area contributed by atoms with E-state index in [2.05, 4.69) is 26.8 Å². The highest BCUT2D eigenvalue weighted by atomic mass is 35.5. The van der Waals surface area contributed by atoms with Gasteiger partial charge in [-0.1, -0.05) is 38.7 Å². The fraction of sp³-hybridized carbons (Fsp3) is 0.731. The van der Waals surface area contributed by atoms with Gasteiger partial charge in [0.2, 0.25) is 21.8 Å². The number of likely N-dealkylation sites (tertiary alicyclic amines) is 1. The molecule has 222 valence electrons. The lowest BCUT2D eigenvalue weighted by atomic mass is 9.78. The maximum atomic E-state index is 13.7. The third-order valence-corrected chi connectivity index (χ3v) is 8.75. The minimum absolute atomic E-state index is 0. The molecule has 3 N–H and O–H groups in total. The third-order valence-electron chi connectivity index (χ3n) is 8.17. The fourth-order valence-corrected chi connectivity index (χ4v) is 6.56. The molecule has 1 spiro atoms. The number of amides is 2. The number of hydrogen-bond donors (Lipinski definition) is 3. The number of aromatic nitrogens is 1. The van der Waals surface area contributed by atoms with Crippen molar-refractivity contribution < 1.29 is 23.1 Å². The first kappa shape index (κ1) is 33.5. The Bertz CT molecular complexity index is 1060. The topological polar surface area (TPSA) is 132 Å². The number of piperazine rings is 1. The van der Waals surface area contributed by atoms with Crippen molar-refractivity contribution in [2.75, 3.05) is 30.6 Å². The fourth-order valence-electron chi connectivity index (χ4n) is 6.06. The zero-order chi connectivity index (χ0) is 26.6. The number of carbonyl (C=O) groups excluding carboxylic acids is 2. The summed E-state index contributed by atoms with van der Waals surface area (Å²) in [6.45, 7) is 4.50. The van der Waals surface area contributed by atoms with E-state index in [0.29, 0.717) is 39.0 Å². The normalized spacial score (nSPS) is 22.9. The van der Waals surface area contributed by atoms with Gasteiger partial charge in [-0.25, -0.2) is 13.4 Å². The lowest BCUT2D eigenvalue weighted by molar-refractivity contribution is -0.166. The van der Waals surface area contributed by atoms with Crippen LogP contribution in [0.5, 0.6) is 0 Å². The molecule has 3 fully saturated rings. The molecule has 2 aliphatic heterocycles. The molecule has 1 saturated carbocycles. The molecule has 2 amide bonds. The number of halogens is 2. The summed E-state index contributed by atoms with van der Waals surface area (Å²) >= 11 is 0. The molecule has 10 nitrogen and oxygen atoms in total. The maximum Gasteiger partial charge on any atom is 0.248 e. The van der Waals surface area contributed by atoms with E-state index in [1.54, 1.807) is 17.2 Å². The van der Waals surface area contributed by atoms with Gasteiger partial charge in [0, 0.05) is 32.4 Å². The molecule has 1 aliphatic carbocycles. The number of carbonyl (C=O) groups is 2. The lowest BCUT2D eigenvalue weighted by Gasteiger charge is -2.52. The summed E-state index contributed by atoms with van der Waals surface area (Å²) in [6.07, 6.45) is 9.76. The van der Waals surface area contributed by atoms with Crippen LogP contribution in [0, 0.1) is 5.92 Å². The van der Waals surface area contributed by atoms with Crippen molar-refractivity contribution in [1.29, 1.82) is 0 Å². The average Bonchev–Trinajstić information content (AvgIpc) is 2.88. The maximum absolute atomic E-state index is 13.7. The largest absolute Gasteiger partial charge is 0.390 e. The van der Waals surface area contributed by atoms with E-state index in [1.807, 2.05) is 6.07 Å². The van der Waals surface area contributed by atoms with Crippen LogP contribution in [-0.4, -0.2) is 83.7 Å². The number of aliphatic hydroxyl groups is 1. The Morgan fingerprint density at radius 1 is 1.15 bits per heavy atom. The molecule has 0 bridgehead atoms. The van der Waals surface area contributed by atoms with E-state index in [0.717, 1.165) is 56.8 Å². The predicted molar refractivity (Wildman–Crippen MR) is 156 cm³/mol. The molecule has 0 aromatic carbocycles. The van der Waals surface area contributed by atoms with Crippen molar-refractivity contribution in [1.82, 2.24) is 20.1 Å². The Morgan fingerprint density at radius 2 is 1.82 bits per heavy atom. The van der Waals surface area contributed by atoms with Crippen LogP contribution in [0.15, 0.2) is 18.3 Å². The molecular weight excluding hydrogens is 565 g/mol. The van der Waals surface area contributed by atoms with Gasteiger partial charge in [-0.3, -0.25) is 19.2 Å². The Balaban J connectivity index is 0.00000267. The monoisotopic (exact) mass is 607 g/mol. The highest BCUT2D eigenvalue weighted by Crippen LogP contribution is 2.36. The van der Waals surface area contributed by atoms with Gasteiger partial charge in [-0.15, -0.1) is 24.8 Å². The van der Waals surface area contributed by atoms with E-state index in [9.17, 15) is 23.1 Å². The number of rotatable bonds is 9. The first-order chi connectivity index (χ1) is 17.6. The molecular formula is C26H43Cl2N5O5S. The van der Waals surface area contributed by atoms with E-state index >= 15 is 0 Å². The summed E-state index contributed by atoms with van der Waals surface area (Å²) in [5.74, 6) is 0.0515. The minimum atomic E-state index is -3.38. The van der Waals surface area contributed by atoms with Crippen molar-refractivity contribution in [3.05, 3.63) is 23.9 Å². The number of pyridine rings is 1. The Labute approximate surface area is 244 Å². The van der Waals surface area contributed by atoms with Crippen molar-refractivity contribution in [2.24, 2.45) is 5.92 Å². The molecule has 13 heteroatoms. The minimum Gasteiger partial charge on any atom is -0.390 e. The number of hydrogen-bond acceptors (Lipinski definition) is 7. The highest BCUT2D eigenvalue weighted by molar-refractivity contribution is 7.92. The van der Waals surface area contributed by atoms with E-state index in [4.69, 9.17) is 0 Å². The SMILES string of the molecule is CCCCN1C(=O)[C@@H]([C@H](O)C2CCCCC2)NC(=O)C12CCN(Cc1ccc(NS(C)(=O)=O)nc1)CC2.Cl.Cl. The number of anilines is 1. The summed E-state index contributed by atoms with van der Waals surface area (Å²) in [6, 6.07) is 2.62. The van der Waals surface area contributed by atoms with Crippen molar-refractivity contribution >= 4 is 52.5 Å². The van der Waals surface area contributed by atoms with E-state index < -0.39 is 27.7 Å². The molecule has 2 saturated heterocycles. The molecule has 4 rings (SSSR count). The van der Waals surface area contributed by atoms with E-state index in [-0.39, 0.29) is 48.4 Å². The molecule has 3 aliphatic rings. The lowest BCUT2D eigenvalue weighted by Crippen LogP contribution is -2.75. The summed E-state index contributed by atoms with van der Waals surface area (Å²) in [4.78, 5) is 35.5. The zero-order valence-corrected chi connectivity index (χ0v) is 25.3. The van der Waals surface area contributed by atoms with Gasteiger partial charge < -0.3 is 15.3 Å². The number of nitrogens with one attached hydrogen (secondary N) is 2. The van der Waals surface area contributed by atoms with Crippen LogP contribution in [0.25, 0.3) is 0 Å². The molecule has 39 heavy (non-hydrogen) atoms.